The van der Waals surface area contributed by atoms with Gasteiger partial charge in [-0.2, -0.15) is 0 Å². The maximum Gasteiger partial charge on any atom is 0.273 e. The molecule has 0 radical (unpaired) electrons. The Balaban J connectivity index is 2.25. The first kappa shape index (κ1) is 14.5. The molecule has 1 amide bonds. The number of anilines is 1. The number of nitro benzene ring substituents is 1. The molecule has 6 nitrogen and oxygen atoms in total. The summed E-state index contributed by atoms with van der Waals surface area (Å²) in [6, 6.07) is 8.91. The van der Waals surface area contributed by atoms with E-state index in [2.05, 4.69) is 5.32 Å². The van der Waals surface area contributed by atoms with Crippen molar-refractivity contribution < 1.29 is 14.8 Å². The van der Waals surface area contributed by atoms with Gasteiger partial charge in [0.1, 0.15) is 5.75 Å². The number of nitrogens with zero attached hydrogens (tertiary/aromatic N) is 1. The Morgan fingerprint density at radius 1 is 1.14 bits per heavy atom. The van der Waals surface area contributed by atoms with Crippen LogP contribution in [0.15, 0.2) is 36.4 Å². The summed E-state index contributed by atoms with van der Waals surface area (Å²) in [5, 5.41) is 22.9. The van der Waals surface area contributed by atoms with Crippen molar-refractivity contribution in [2.24, 2.45) is 0 Å². The Labute approximate surface area is 121 Å². The number of nitrogens with one attached hydrogen (secondary N) is 1. The number of amides is 1. The van der Waals surface area contributed by atoms with Crippen LogP contribution in [-0.2, 0) is 0 Å². The predicted molar refractivity (Wildman–Crippen MR) is 78.6 cm³/mol. The maximum absolute atomic E-state index is 12.1. The zero-order valence-corrected chi connectivity index (χ0v) is 11.6. The number of rotatable bonds is 3. The molecule has 2 aromatic carbocycles. The van der Waals surface area contributed by atoms with Gasteiger partial charge in [0.25, 0.3) is 11.6 Å². The summed E-state index contributed by atoms with van der Waals surface area (Å²) in [5.74, 6) is -0.729. The van der Waals surface area contributed by atoms with E-state index in [1.54, 1.807) is 12.1 Å². The summed E-state index contributed by atoms with van der Waals surface area (Å²) < 4.78 is 0. The van der Waals surface area contributed by atoms with Gasteiger partial charge in [-0.3, -0.25) is 14.9 Å². The van der Waals surface area contributed by atoms with Crippen molar-refractivity contribution in [1.82, 2.24) is 0 Å². The third-order valence-electron chi connectivity index (χ3n) is 2.92. The van der Waals surface area contributed by atoms with Crippen LogP contribution in [0.5, 0.6) is 5.75 Å². The minimum absolute atomic E-state index is 0.129. The molecular weight excluding hydrogens is 272 g/mol. The second-order valence-corrected chi connectivity index (χ2v) is 4.79. The third kappa shape index (κ3) is 3.36. The number of hydrogen-bond donors (Lipinski definition) is 2. The number of aromatic hydroxyl groups is 1. The Morgan fingerprint density at radius 3 is 2.29 bits per heavy atom. The lowest BCUT2D eigenvalue weighted by atomic mass is 10.1. The van der Waals surface area contributed by atoms with Crippen LogP contribution in [-0.4, -0.2) is 15.9 Å². The van der Waals surface area contributed by atoms with E-state index in [1.165, 1.54) is 12.1 Å². The molecule has 0 spiro atoms. The second-order valence-electron chi connectivity index (χ2n) is 4.79. The van der Waals surface area contributed by atoms with E-state index >= 15 is 0 Å². The number of nitro groups is 1. The molecule has 0 unspecified atom stereocenters. The first-order chi connectivity index (χ1) is 9.86. The number of phenols is 1. The molecule has 0 atom stereocenters. The molecule has 21 heavy (non-hydrogen) atoms. The number of phenolic OH excluding ortho intramolecular Hbond substituents is 1. The minimum atomic E-state index is -0.616. The molecule has 0 heterocycles. The Morgan fingerprint density at radius 2 is 1.76 bits per heavy atom. The first-order valence-electron chi connectivity index (χ1n) is 6.24. The molecule has 0 bridgehead atoms. The van der Waals surface area contributed by atoms with Gasteiger partial charge >= 0.3 is 0 Å². The molecule has 0 aliphatic rings. The summed E-state index contributed by atoms with van der Waals surface area (Å²) in [6.07, 6.45) is 0. The molecule has 0 aliphatic carbocycles. The normalized spacial score (nSPS) is 10.2. The van der Waals surface area contributed by atoms with E-state index < -0.39 is 4.92 Å². The lowest BCUT2D eigenvalue weighted by Crippen LogP contribution is -2.12. The standard InChI is InChI=1S/C15H14N2O4/c1-9-5-10(2)7-11(6-9)15(19)16-13-4-3-12(17(20)21)8-14(13)18/h3-8,18H,1-2H3,(H,16,19). The molecule has 108 valence electrons. The molecule has 0 fully saturated rings. The van der Waals surface area contributed by atoms with Crippen LogP contribution in [0, 0.1) is 24.0 Å². The average molecular weight is 286 g/mol. The van der Waals surface area contributed by atoms with Crippen molar-refractivity contribution in [1.29, 1.82) is 0 Å². The lowest BCUT2D eigenvalue weighted by molar-refractivity contribution is -0.384. The van der Waals surface area contributed by atoms with Crippen molar-refractivity contribution in [3.05, 3.63) is 63.2 Å². The number of carbonyl (C=O) groups is 1. The smallest absolute Gasteiger partial charge is 0.273 e. The second kappa shape index (κ2) is 5.62. The van der Waals surface area contributed by atoms with Crippen LogP contribution in [0.1, 0.15) is 21.5 Å². The quantitative estimate of drug-likeness (QED) is 0.515. The highest BCUT2D eigenvalue weighted by Gasteiger charge is 2.13. The van der Waals surface area contributed by atoms with Gasteiger partial charge in [-0.25, -0.2) is 0 Å². The monoisotopic (exact) mass is 286 g/mol. The largest absolute Gasteiger partial charge is 0.506 e. The summed E-state index contributed by atoms with van der Waals surface area (Å²) >= 11 is 0. The number of aryl methyl sites for hydroxylation is 2. The van der Waals surface area contributed by atoms with E-state index in [-0.39, 0.29) is 23.0 Å². The van der Waals surface area contributed by atoms with Crippen molar-refractivity contribution in [3.63, 3.8) is 0 Å². The highest BCUT2D eigenvalue weighted by Crippen LogP contribution is 2.28. The van der Waals surface area contributed by atoms with Gasteiger partial charge in [0.05, 0.1) is 16.7 Å². The fourth-order valence-corrected chi connectivity index (χ4v) is 2.04. The first-order valence-corrected chi connectivity index (χ1v) is 6.24. The molecule has 2 aromatic rings. The van der Waals surface area contributed by atoms with Crippen molar-refractivity contribution >= 4 is 17.3 Å². The third-order valence-corrected chi connectivity index (χ3v) is 2.92. The van der Waals surface area contributed by atoms with Gasteiger partial charge in [0.2, 0.25) is 0 Å². The average Bonchev–Trinajstić information content (AvgIpc) is 2.39. The molecule has 2 N–H and O–H groups in total. The summed E-state index contributed by atoms with van der Waals surface area (Å²) in [7, 11) is 0. The van der Waals surface area contributed by atoms with E-state index in [1.807, 2.05) is 19.9 Å². The number of carbonyl (C=O) groups excluding carboxylic acids is 1. The Kier molecular flexibility index (Phi) is 3.89. The number of benzene rings is 2. The minimum Gasteiger partial charge on any atom is -0.506 e. The van der Waals surface area contributed by atoms with Crippen LogP contribution >= 0.6 is 0 Å². The summed E-state index contributed by atoms with van der Waals surface area (Å²) in [5.41, 5.74) is 2.26. The number of hydrogen-bond acceptors (Lipinski definition) is 4. The Bertz CT molecular complexity index is 705. The van der Waals surface area contributed by atoms with E-state index in [0.717, 1.165) is 17.2 Å². The molecule has 2 rings (SSSR count). The van der Waals surface area contributed by atoms with Gasteiger partial charge < -0.3 is 10.4 Å². The van der Waals surface area contributed by atoms with E-state index in [4.69, 9.17) is 0 Å². The lowest BCUT2D eigenvalue weighted by Gasteiger charge is -2.08. The fraction of sp³-hybridized carbons (Fsp3) is 0.133. The highest BCUT2D eigenvalue weighted by molar-refractivity contribution is 6.05. The summed E-state index contributed by atoms with van der Waals surface area (Å²) in [4.78, 5) is 22.1. The maximum atomic E-state index is 12.1. The van der Waals surface area contributed by atoms with Gasteiger partial charge in [-0.15, -0.1) is 0 Å². The van der Waals surface area contributed by atoms with Crippen LogP contribution in [0.25, 0.3) is 0 Å². The predicted octanol–water partition coefficient (Wildman–Crippen LogP) is 3.17. The summed E-state index contributed by atoms with van der Waals surface area (Å²) in [6.45, 7) is 3.76. The molecule has 0 aliphatic heterocycles. The Hall–Kier alpha value is -2.89. The SMILES string of the molecule is Cc1cc(C)cc(C(=O)Nc2ccc([N+](=O)[O-])cc2O)c1. The fourth-order valence-electron chi connectivity index (χ4n) is 2.04. The van der Waals surface area contributed by atoms with Gasteiger partial charge in [0, 0.05) is 11.6 Å². The zero-order chi connectivity index (χ0) is 15.6. The van der Waals surface area contributed by atoms with E-state index in [0.29, 0.717) is 5.56 Å². The van der Waals surface area contributed by atoms with Crippen LogP contribution in [0.2, 0.25) is 0 Å². The molecule has 0 saturated heterocycles. The zero-order valence-electron chi connectivity index (χ0n) is 11.6. The van der Waals surface area contributed by atoms with Gasteiger partial charge in [0.15, 0.2) is 0 Å². The molecule has 0 saturated carbocycles. The van der Waals surface area contributed by atoms with Gasteiger partial charge in [-0.05, 0) is 32.0 Å². The molecule has 6 heteroatoms. The topological polar surface area (TPSA) is 92.5 Å². The van der Waals surface area contributed by atoms with E-state index in [9.17, 15) is 20.0 Å². The van der Waals surface area contributed by atoms with Crippen molar-refractivity contribution in [2.75, 3.05) is 5.32 Å². The highest BCUT2D eigenvalue weighted by atomic mass is 16.6. The molecular formula is C15H14N2O4. The number of non-ortho nitro benzene ring substituents is 1. The molecule has 0 aromatic heterocycles. The van der Waals surface area contributed by atoms with Gasteiger partial charge in [-0.1, -0.05) is 17.2 Å². The van der Waals surface area contributed by atoms with Crippen LogP contribution in [0.4, 0.5) is 11.4 Å². The van der Waals surface area contributed by atoms with Crippen LogP contribution in [0.3, 0.4) is 0 Å². The van der Waals surface area contributed by atoms with Crippen molar-refractivity contribution in [3.8, 4) is 5.75 Å². The van der Waals surface area contributed by atoms with Crippen molar-refractivity contribution in [2.45, 2.75) is 13.8 Å². The van der Waals surface area contributed by atoms with Crippen LogP contribution < -0.4 is 5.32 Å².